The minimum absolute atomic E-state index is 0.107. The average Bonchev–Trinajstić information content (AvgIpc) is 2.67. The van der Waals surface area contributed by atoms with Crippen molar-refractivity contribution in [1.29, 1.82) is 0 Å². The van der Waals surface area contributed by atoms with Gasteiger partial charge in [-0.1, -0.05) is 18.3 Å². The number of aromatic nitrogens is 1. The van der Waals surface area contributed by atoms with Gasteiger partial charge in [0, 0.05) is 12.1 Å². The molecule has 1 aromatic rings. The molecular formula is C13H25N5OS. The molecule has 7 heteroatoms. The van der Waals surface area contributed by atoms with Crippen LogP contribution in [-0.2, 0) is 0 Å². The molecule has 0 bridgehead atoms. The van der Waals surface area contributed by atoms with Crippen molar-refractivity contribution in [3.05, 3.63) is 4.88 Å². The third-order valence-corrected chi connectivity index (χ3v) is 3.39. The fourth-order valence-corrected chi connectivity index (χ4v) is 2.55. The summed E-state index contributed by atoms with van der Waals surface area (Å²) in [5.41, 5.74) is 5.69. The Bertz CT molecular complexity index is 438. The number of nitrogens with zero attached hydrogens (tertiary/aromatic N) is 1. The molecule has 20 heavy (non-hydrogen) atoms. The lowest BCUT2D eigenvalue weighted by molar-refractivity contribution is 0.0958. The summed E-state index contributed by atoms with van der Waals surface area (Å²) < 4.78 is 0. The maximum atomic E-state index is 12.0. The van der Waals surface area contributed by atoms with Crippen LogP contribution < -0.4 is 21.7 Å². The number of nitrogens with two attached hydrogens (primary N) is 1. The highest BCUT2D eigenvalue weighted by atomic mass is 32.1. The third-order valence-electron chi connectivity index (χ3n) is 2.41. The van der Waals surface area contributed by atoms with Crippen LogP contribution in [0.1, 0.15) is 43.8 Å². The molecule has 1 amide bonds. The van der Waals surface area contributed by atoms with Gasteiger partial charge < -0.3 is 21.7 Å². The number of amides is 1. The summed E-state index contributed by atoms with van der Waals surface area (Å²) in [5.74, 6) is 0.129. The van der Waals surface area contributed by atoms with Crippen molar-refractivity contribution < 1.29 is 4.79 Å². The summed E-state index contributed by atoms with van der Waals surface area (Å²) in [5, 5.41) is 9.96. The normalized spacial score (nSPS) is 11.4. The average molecular weight is 299 g/mol. The van der Waals surface area contributed by atoms with Crippen LogP contribution in [0.3, 0.4) is 0 Å². The SMILES string of the molecule is CCNCCCNC(=O)c1sc(NC(C)(C)C)nc1N. The van der Waals surface area contributed by atoms with E-state index in [1.165, 1.54) is 11.3 Å². The van der Waals surface area contributed by atoms with E-state index < -0.39 is 0 Å². The Morgan fingerprint density at radius 2 is 2.05 bits per heavy atom. The number of hydrogen-bond donors (Lipinski definition) is 4. The zero-order valence-corrected chi connectivity index (χ0v) is 13.5. The van der Waals surface area contributed by atoms with Gasteiger partial charge >= 0.3 is 0 Å². The standard InChI is InChI=1S/C13H25N5OS/c1-5-15-7-6-8-16-11(19)9-10(14)17-12(20-9)18-13(2,3)4/h15H,5-8,14H2,1-4H3,(H,16,19)(H,17,18). The first-order chi connectivity index (χ1) is 9.33. The van der Waals surface area contributed by atoms with E-state index in [9.17, 15) is 4.79 Å². The largest absolute Gasteiger partial charge is 0.382 e. The molecule has 0 saturated heterocycles. The van der Waals surface area contributed by atoms with E-state index in [2.05, 4.69) is 27.9 Å². The van der Waals surface area contributed by atoms with Crippen molar-refractivity contribution in [2.75, 3.05) is 30.7 Å². The van der Waals surface area contributed by atoms with Crippen LogP contribution >= 0.6 is 11.3 Å². The van der Waals surface area contributed by atoms with Crippen molar-refractivity contribution in [1.82, 2.24) is 15.6 Å². The zero-order valence-electron chi connectivity index (χ0n) is 12.7. The predicted octanol–water partition coefficient (Wildman–Crippen LogP) is 1.67. The molecule has 0 aliphatic heterocycles. The van der Waals surface area contributed by atoms with E-state index in [4.69, 9.17) is 5.73 Å². The molecule has 0 atom stereocenters. The van der Waals surface area contributed by atoms with Crippen molar-refractivity contribution in [2.45, 2.75) is 39.7 Å². The molecule has 0 saturated carbocycles. The molecule has 0 aliphatic rings. The highest BCUT2D eigenvalue weighted by Gasteiger charge is 2.18. The van der Waals surface area contributed by atoms with Gasteiger partial charge in [0.2, 0.25) is 0 Å². The third kappa shape index (κ3) is 5.75. The monoisotopic (exact) mass is 299 g/mol. The molecule has 0 radical (unpaired) electrons. The molecular weight excluding hydrogens is 274 g/mol. The Hall–Kier alpha value is -1.34. The van der Waals surface area contributed by atoms with Crippen LogP contribution in [0.2, 0.25) is 0 Å². The fourth-order valence-electron chi connectivity index (χ4n) is 1.54. The van der Waals surface area contributed by atoms with Gasteiger partial charge in [0.25, 0.3) is 5.91 Å². The lowest BCUT2D eigenvalue weighted by atomic mass is 10.1. The molecule has 0 spiro atoms. The van der Waals surface area contributed by atoms with E-state index in [0.29, 0.717) is 16.6 Å². The number of nitrogens with one attached hydrogen (secondary N) is 3. The smallest absolute Gasteiger partial charge is 0.265 e. The quantitative estimate of drug-likeness (QED) is 0.575. The lowest BCUT2D eigenvalue weighted by Gasteiger charge is -2.19. The van der Waals surface area contributed by atoms with Gasteiger partial charge in [-0.2, -0.15) is 0 Å². The summed E-state index contributed by atoms with van der Waals surface area (Å²) in [6, 6.07) is 0. The maximum Gasteiger partial charge on any atom is 0.265 e. The highest BCUT2D eigenvalue weighted by Crippen LogP contribution is 2.26. The Balaban J connectivity index is 2.51. The van der Waals surface area contributed by atoms with Crippen LogP contribution in [0.5, 0.6) is 0 Å². The van der Waals surface area contributed by atoms with Gasteiger partial charge in [-0.25, -0.2) is 4.98 Å². The van der Waals surface area contributed by atoms with Crippen LogP contribution in [-0.4, -0.2) is 36.1 Å². The minimum atomic E-state index is -0.154. The van der Waals surface area contributed by atoms with Crippen molar-refractivity contribution >= 4 is 28.2 Å². The van der Waals surface area contributed by atoms with E-state index in [1.807, 2.05) is 20.8 Å². The van der Waals surface area contributed by atoms with Crippen molar-refractivity contribution in [3.63, 3.8) is 0 Å². The van der Waals surface area contributed by atoms with Gasteiger partial charge in [0.15, 0.2) is 5.13 Å². The van der Waals surface area contributed by atoms with E-state index in [-0.39, 0.29) is 17.3 Å². The second kappa shape index (κ2) is 7.44. The maximum absolute atomic E-state index is 12.0. The van der Waals surface area contributed by atoms with Gasteiger partial charge in [0.1, 0.15) is 10.7 Å². The van der Waals surface area contributed by atoms with E-state index in [1.54, 1.807) is 0 Å². The molecule has 0 fully saturated rings. The van der Waals surface area contributed by atoms with E-state index >= 15 is 0 Å². The molecule has 0 aromatic carbocycles. The number of carbonyl (C=O) groups is 1. The molecule has 114 valence electrons. The first kappa shape index (κ1) is 16.7. The summed E-state index contributed by atoms with van der Waals surface area (Å²) >= 11 is 1.29. The molecule has 1 aromatic heterocycles. The van der Waals surface area contributed by atoms with Gasteiger partial charge in [0.05, 0.1) is 0 Å². The fraction of sp³-hybridized carbons (Fsp3) is 0.692. The summed E-state index contributed by atoms with van der Waals surface area (Å²) in [4.78, 5) is 16.7. The van der Waals surface area contributed by atoms with Crippen molar-refractivity contribution in [3.8, 4) is 0 Å². The molecule has 0 unspecified atom stereocenters. The number of rotatable bonds is 7. The van der Waals surface area contributed by atoms with Crippen molar-refractivity contribution in [2.24, 2.45) is 0 Å². The van der Waals surface area contributed by atoms with E-state index in [0.717, 1.165) is 19.5 Å². The summed E-state index contributed by atoms with van der Waals surface area (Å²) in [7, 11) is 0. The Morgan fingerprint density at radius 1 is 1.35 bits per heavy atom. The molecule has 6 nitrogen and oxygen atoms in total. The zero-order chi connectivity index (χ0) is 15.2. The number of hydrogen-bond acceptors (Lipinski definition) is 6. The van der Waals surface area contributed by atoms with Gasteiger partial charge in [-0.3, -0.25) is 4.79 Å². The summed E-state index contributed by atoms with van der Waals surface area (Å²) in [6.07, 6.45) is 0.894. The Morgan fingerprint density at radius 3 is 2.65 bits per heavy atom. The molecule has 1 rings (SSSR count). The number of thiazole rings is 1. The minimum Gasteiger partial charge on any atom is -0.382 e. The summed E-state index contributed by atoms with van der Waals surface area (Å²) in [6.45, 7) is 10.6. The molecule has 1 heterocycles. The second-order valence-electron chi connectivity index (χ2n) is 5.57. The lowest BCUT2D eigenvalue weighted by Crippen LogP contribution is -2.27. The number of nitrogen functional groups attached to an aromatic ring is 1. The molecule has 5 N–H and O–H groups in total. The number of carbonyl (C=O) groups excluding carboxylic acids is 1. The Labute approximate surface area is 124 Å². The van der Waals surface area contributed by atoms with Crippen LogP contribution in [0.25, 0.3) is 0 Å². The molecule has 0 aliphatic carbocycles. The predicted molar refractivity (Wildman–Crippen MR) is 85.4 cm³/mol. The number of anilines is 2. The van der Waals surface area contributed by atoms with Gasteiger partial charge in [-0.15, -0.1) is 0 Å². The van der Waals surface area contributed by atoms with Crippen LogP contribution in [0, 0.1) is 0 Å². The van der Waals surface area contributed by atoms with Crippen LogP contribution in [0.4, 0.5) is 10.9 Å². The highest BCUT2D eigenvalue weighted by molar-refractivity contribution is 7.18. The van der Waals surface area contributed by atoms with Gasteiger partial charge in [-0.05, 0) is 40.3 Å². The first-order valence-corrected chi connectivity index (χ1v) is 7.68. The van der Waals surface area contributed by atoms with Crippen LogP contribution in [0.15, 0.2) is 0 Å². The first-order valence-electron chi connectivity index (χ1n) is 6.87. The topological polar surface area (TPSA) is 92.1 Å². The second-order valence-corrected chi connectivity index (χ2v) is 6.57. The Kier molecular flexibility index (Phi) is 6.22.